The second-order valence-electron chi connectivity index (χ2n) is 12.1. The molecule has 45 heavy (non-hydrogen) atoms. The van der Waals surface area contributed by atoms with E-state index >= 15 is 0 Å². The SMILES string of the molecule is CC(C)C[C@H](N[P@](=O)(OCC1(COC(=O)C(C)C)C/C1=C/n1cnc2c(=O)[nH]c(N)nc21)Oc1ccccc1)C(=O)OC(C)C. The summed E-state index contributed by atoms with van der Waals surface area (Å²) in [7, 11) is -4.24. The lowest BCUT2D eigenvalue weighted by atomic mass is 10.0. The smallest absolute Gasteiger partial charge is 0.459 e. The predicted octanol–water partition coefficient (Wildman–Crippen LogP) is 4.29. The molecule has 0 spiro atoms. The van der Waals surface area contributed by atoms with Gasteiger partial charge in [0.1, 0.15) is 24.7 Å². The fourth-order valence-corrected chi connectivity index (χ4v) is 6.10. The van der Waals surface area contributed by atoms with E-state index in [-0.39, 0.29) is 54.0 Å². The zero-order valence-corrected chi connectivity index (χ0v) is 27.2. The average molecular weight is 645 g/mol. The van der Waals surface area contributed by atoms with Crippen molar-refractivity contribution in [3.8, 4) is 5.75 Å². The van der Waals surface area contributed by atoms with Crippen molar-refractivity contribution in [2.24, 2.45) is 17.3 Å². The minimum Gasteiger partial charge on any atom is -0.464 e. The van der Waals surface area contributed by atoms with Gasteiger partial charge in [0.25, 0.3) is 5.56 Å². The minimum absolute atomic E-state index is 0.0482. The van der Waals surface area contributed by atoms with Crippen molar-refractivity contribution in [1.82, 2.24) is 24.6 Å². The van der Waals surface area contributed by atoms with Gasteiger partial charge in [-0.2, -0.15) is 10.1 Å². The maximum atomic E-state index is 14.4. The molecule has 15 heteroatoms. The predicted molar refractivity (Wildman–Crippen MR) is 168 cm³/mol. The van der Waals surface area contributed by atoms with Crippen molar-refractivity contribution in [1.29, 1.82) is 0 Å². The van der Waals surface area contributed by atoms with Crippen molar-refractivity contribution in [3.63, 3.8) is 0 Å². The number of hydrogen-bond acceptors (Lipinski definition) is 11. The topological polar surface area (TPSA) is 190 Å². The summed E-state index contributed by atoms with van der Waals surface area (Å²) in [6.45, 7) is 10.5. The van der Waals surface area contributed by atoms with Crippen LogP contribution in [0.1, 0.15) is 54.4 Å². The number of esters is 2. The van der Waals surface area contributed by atoms with E-state index in [0.29, 0.717) is 12.8 Å². The molecule has 3 aromatic rings. The number of imidazole rings is 1. The number of benzene rings is 1. The van der Waals surface area contributed by atoms with E-state index in [9.17, 15) is 18.9 Å². The molecule has 1 unspecified atom stereocenters. The molecule has 4 N–H and O–H groups in total. The van der Waals surface area contributed by atoms with Crippen molar-refractivity contribution < 1.29 is 32.7 Å². The number of nitrogen functional groups attached to an aromatic ring is 1. The van der Waals surface area contributed by atoms with Gasteiger partial charge in [-0.25, -0.2) is 9.55 Å². The van der Waals surface area contributed by atoms with E-state index in [1.807, 2.05) is 13.8 Å². The van der Waals surface area contributed by atoms with Crippen LogP contribution in [0.3, 0.4) is 0 Å². The van der Waals surface area contributed by atoms with E-state index in [2.05, 4.69) is 20.0 Å². The number of ether oxygens (including phenoxy) is 2. The molecule has 1 aromatic carbocycles. The molecule has 1 aliphatic rings. The first-order valence-corrected chi connectivity index (χ1v) is 16.3. The summed E-state index contributed by atoms with van der Waals surface area (Å²) in [5, 5.41) is 2.83. The third-order valence-corrected chi connectivity index (χ3v) is 8.48. The highest BCUT2D eigenvalue weighted by atomic mass is 31.2. The van der Waals surface area contributed by atoms with E-state index < -0.39 is 36.7 Å². The molecule has 0 aliphatic heterocycles. The number of aromatic amines is 1. The Morgan fingerprint density at radius 2 is 1.84 bits per heavy atom. The Labute approximate surface area is 261 Å². The molecule has 244 valence electrons. The minimum atomic E-state index is -4.24. The fourth-order valence-electron chi connectivity index (χ4n) is 4.51. The van der Waals surface area contributed by atoms with Crippen LogP contribution in [0.2, 0.25) is 0 Å². The first kappa shape index (κ1) is 33.9. The number of nitrogens with zero attached hydrogens (tertiary/aromatic N) is 3. The third kappa shape index (κ3) is 8.80. The Kier molecular flexibility index (Phi) is 10.5. The molecule has 3 atom stereocenters. The number of nitrogens with two attached hydrogens (primary N) is 1. The van der Waals surface area contributed by atoms with Crippen LogP contribution < -0.4 is 20.9 Å². The first-order valence-electron chi connectivity index (χ1n) is 14.8. The maximum absolute atomic E-state index is 14.4. The van der Waals surface area contributed by atoms with Gasteiger partial charge in [-0.1, -0.05) is 45.9 Å². The van der Waals surface area contributed by atoms with E-state index in [1.165, 1.54) is 6.33 Å². The van der Waals surface area contributed by atoms with Crippen LogP contribution in [-0.2, 0) is 28.2 Å². The Balaban J connectivity index is 1.66. The molecular formula is C30H41N6O8P. The Bertz CT molecular complexity index is 1650. The van der Waals surface area contributed by atoms with Crippen LogP contribution in [0.15, 0.2) is 47.0 Å². The number of H-pyrrole nitrogens is 1. The van der Waals surface area contributed by atoms with Crippen LogP contribution in [0.25, 0.3) is 17.4 Å². The summed E-state index contributed by atoms with van der Waals surface area (Å²) < 4.78 is 38.9. The van der Waals surface area contributed by atoms with E-state index in [4.69, 9.17) is 24.3 Å². The second-order valence-corrected chi connectivity index (χ2v) is 13.8. The summed E-state index contributed by atoms with van der Waals surface area (Å²) in [6.07, 6.45) is 3.44. The van der Waals surface area contributed by atoms with Crippen LogP contribution in [0.4, 0.5) is 5.95 Å². The van der Waals surface area contributed by atoms with Gasteiger partial charge in [0.05, 0.1) is 24.0 Å². The number of carbonyl (C=O) groups is 2. The molecule has 0 saturated heterocycles. The largest absolute Gasteiger partial charge is 0.464 e. The Morgan fingerprint density at radius 1 is 1.13 bits per heavy atom. The number of aromatic nitrogens is 4. The molecular weight excluding hydrogens is 603 g/mol. The van der Waals surface area contributed by atoms with Gasteiger partial charge in [-0.05, 0) is 50.3 Å². The monoisotopic (exact) mass is 644 g/mol. The summed E-state index contributed by atoms with van der Waals surface area (Å²) in [6, 6.07) is 7.47. The van der Waals surface area contributed by atoms with Crippen molar-refractivity contribution in [3.05, 3.63) is 52.6 Å². The van der Waals surface area contributed by atoms with E-state index in [1.54, 1.807) is 68.8 Å². The number of rotatable bonds is 15. The molecule has 14 nitrogen and oxygen atoms in total. The molecule has 1 saturated carbocycles. The van der Waals surface area contributed by atoms with Crippen molar-refractivity contribution in [2.75, 3.05) is 18.9 Å². The molecule has 0 amide bonds. The Morgan fingerprint density at radius 3 is 2.49 bits per heavy atom. The fraction of sp³-hybridized carbons (Fsp3) is 0.500. The van der Waals surface area contributed by atoms with Gasteiger partial charge in [0.15, 0.2) is 11.2 Å². The molecule has 0 radical (unpaired) electrons. The molecule has 1 fully saturated rings. The molecule has 1 aliphatic carbocycles. The van der Waals surface area contributed by atoms with Crippen LogP contribution >= 0.6 is 7.75 Å². The van der Waals surface area contributed by atoms with Gasteiger partial charge < -0.3 is 19.7 Å². The average Bonchev–Trinajstić information content (AvgIpc) is 3.49. The quantitative estimate of drug-likeness (QED) is 0.157. The number of carbonyl (C=O) groups excluding carboxylic acids is 2. The normalized spacial score (nSPS) is 19.2. The molecule has 0 bridgehead atoms. The second kappa shape index (κ2) is 14.0. The number of hydrogen-bond donors (Lipinski definition) is 3. The van der Waals surface area contributed by atoms with Crippen LogP contribution in [0.5, 0.6) is 5.75 Å². The molecule has 2 aromatic heterocycles. The molecule has 2 heterocycles. The lowest BCUT2D eigenvalue weighted by molar-refractivity contribution is -0.150. The molecule has 4 rings (SSSR count). The van der Waals surface area contributed by atoms with Gasteiger partial charge in [-0.3, -0.25) is 28.5 Å². The number of anilines is 1. The highest BCUT2D eigenvalue weighted by Gasteiger charge is 2.52. The van der Waals surface area contributed by atoms with E-state index in [0.717, 1.165) is 5.57 Å². The van der Waals surface area contributed by atoms with Gasteiger partial charge in [-0.15, -0.1) is 0 Å². The number of fused-ring (bicyclic) bond motifs is 1. The highest BCUT2D eigenvalue weighted by molar-refractivity contribution is 7.52. The maximum Gasteiger partial charge on any atom is 0.459 e. The van der Waals surface area contributed by atoms with Crippen molar-refractivity contribution >= 4 is 43.0 Å². The third-order valence-electron chi connectivity index (χ3n) is 6.93. The Hall–Kier alpha value is -4.00. The standard InChI is InChI=1S/C30H41N6O8P/c1-18(2)12-23(28(39)43-20(5)6)35-45(40,44-22-10-8-7-9-11-22)42-16-30(15-41-27(38)19(3)4)13-21(30)14-36-17-32-24-25(36)33-29(31)34-26(24)37/h7-11,14,17-20,23H,12-13,15-16H2,1-6H3,(H,35,40)(H3,31,33,34,37)/b21-14-/t23-,30?,45-/m0/s1. The lowest BCUT2D eigenvalue weighted by Gasteiger charge is -2.27. The summed E-state index contributed by atoms with van der Waals surface area (Å²) in [5.74, 6) is -1.12. The summed E-state index contributed by atoms with van der Waals surface area (Å²) in [5.41, 5.74) is 5.47. The van der Waals surface area contributed by atoms with Crippen molar-refractivity contribution in [2.45, 2.75) is 66.5 Å². The zero-order valence-electron chi connectivity index (χ0n) is 26.3. The van der Waals surface area contributed by atoms with Crippen LogP contribution in [-0.4, -0.2) is 56.8 Å². The highest BCUT2D eigenvalue weighted by Crippen LogP contribution is 2.56. The number of nitrogens with one attached hydrogen (secondary N) is 2. The first-order chi connectivity index (χ1) is 21.2. The number of para-hydroxylation sites is 1. The van der Waals surface area contributed by atoms with Gasteiger partial charge >= 0.3 is 19.7 Å². The lowest BCUT2D eigenvalue weighted by Crippen LogP contribution is -2.40. The van der Waals surface area contributed by atoms with Gasteiger partial charge in [0, 0.05) is 6.20 Å². The summed E-state index contributed by atoms with van der Waals surface area (Å²) >= 11 is 0. The van der Waals surface area contributed by atoms with Crippen LogP contribution in [0, 0.1) is 17.3 Å². The zero-order chi connectivity index (χ0) is 32.9. The summed E-state index contributed by atoms with van der Waals surface area (Å²) in [4.78, 5) is 48.5. The van der Waals surface area contributed by atoms with Gasteiger partial charge in [0.2, 0.25) is 5.95 Å².